The molecule has 0 spiro atoms. The van der Waals surface area contributed by atoms with E-state index < -0.39 is 0 Å². The topological polar surface area (TPSA) is 0 Å². The monoisotopic (exact) mass is 168 g/mol. The van der Waals surface area contributed by atoms with Gasteiger partial charge in [-0.1, -0.05) is 33.3 Å². The first-order valence-electron chi connectivity index (χ1n) is 4.95. The lowest BCUT2D eigenvalue weighted by Crippen LogP contribution is -2.10. The molecule has 0 bridgehead atoms. The van der Waals surface area contributed by atoms with Crippen LogP contribution in [0.1, 0.15) is 53.9 Å². The third-order valence-electron chi connectivity index (χ3n) is 2.02. The Bertz CT molecular complexity index is 137. The van der Waals surface area contributed by atoms with Crippen molar-refractivity contribution in [3.63, 3.8) is 0 Å². The number of rotatable bonds is 4. The lowest BCUT2D eigenvalue weighted by Gasteiger charge is -2.23. The van der Waals surface area contributed by atoms with Gasteiger partial charge in [-0.15, -0.1) is 6.58 Å². The molecule has 0 heteroatoms. The van der Waals surface area contributed by atoms with E-state index >= 15 is 0 Å². The fourth-order valence-electron chi connectivity index (χ4n) is 1.64. The molecule has 0 rings (SSSR count). The first kappa shape index (κ1) is 11.7. The summed E-state index contributed by atoms with van der Waals surface area (Å²) >= 11 is 0. The van der Waals surface area contributed by atoms with Gasteiger partial charge in [0.1, 0.15) is 0 Å². The fourth-order valence-corrected chi connectivity index (χ4v) is 1.64. The molecule has 0 amide bonds. The molecule has 0 N–H and O–H groups in total. The first-order valence-corrected chi connectivity index (χ1v) is 4.95. The van der Waals surface area contributed by atoms with E-state index in [1.54, 1.807) is 0 Å². The zero-order chi connectivity index (χ0) is 9.78. The minimum Gasteiger partial charge on any atom is -0.100 e. The summed E-state index contributed by atoms with van der Waals surface area (Å²) in [7, 11) is 0. The Kier molecular flexibility index (Phi) is 4.59. The maximum absolute atomic E-state index is 3.92. The first-order chi connectivity index (χ1) is 5.31. The molecule has 0 nitrogen and oxygen atoms in total. The van der Waals surface area contributed by atoms with Crippen LogP contribution in [0.3, 0.4) is 0 Å². The third-order valence-corrected chi connectivity index (χ3v) is 2.02. The van der Waals surface area contributed by atoms with E-state index in [1.807, 2.05) is 0 Å². The van der Waals surface area contributed by atoms with Gasteiger partial charge in [0.15, 0.2) is 0 Å². The Hall–Kier alpha value is -0.260. The molecule has 0 saturated carbocycles. The van der Waals surface area contributed by atoms with Crippen LogP contribution in [0.15, 0.2) is 12.2 Å². The van der Waals surface area contributed by atoms with Crippen molar-refractivity contribution in [1.29, 1.82) is 0 Å². The van der Waals surface area contributed by atoms with Crippen molar-refractivity contribution < 1.29 is 0 Å². The van der Waals surface area contributed by atoms with Crippen LogP contribution in [0, 0.1) is 11.3 Å². The Morgan fingerprint density at radius 3 is 2.17 bits per heavy atom. The van der Waals surface area contributed by atoms with E-state index in [4.69, 9.17) is 0 Å². The van der Waals surface area contributed by atoms with Crippen LogP contribution in [-0.2, 0) is 0 Å². The van der Waals surface area contributed by atoms with Gasteiger partial charge in [0.05, 0.1) is 0 Å². The van der Waals surface area contributed by atoms with E-state index in [2.05, 4.69) is 41.2 Å². The normalized spacial score (nSPS) is 14.4. The Morgan fingerprint density at radius 2 is 1.83 bits per heavy atom. The van der Waals surface area contributed by atoms with Crippen molar-refractivity contribution in [3.8, 4) is 0 Å². The van der Waals surface area contributed by atoms with Crippen molar-refractivity contribution in [2.45, 2.75) is 53.9 Å². The summed E-state index contributed by atoms with van der Waals surface area (Å²) in [5, 5.41) is 0. The van der Waals surface area contributed by atoms with Gasteiger partial charge < -0.3 is 0 Å². The van der Waals surface area contributed by atoms with Crippen molar-refractivity contribution >= 4 is 0 Å². The minimum atomic E-state index is 0.481. The van der Waals surface area contributed by atoms with Gasteiger partial charge in [-0.25, -0.2) is 0 Å². The molecule has 0 aromatic carbocycles. The van der Waals surface area contributed by atoms with Gasteiger partial charge in [0.2, 0.25) is 0 Å². The summed E-state index contributed by atoms with van der Waals surface area (Å²) in [6.45, 7) is 15.3. The molecule has 0 aliphatic heterocycles. The molecular weight excluding hydrogens is 144 g/mol. The van der Waals surface area contributed by atoms with Gasteiger partial charge in [0, 0.05) is 0 Å². The van der Waals surface area contributed by atoms with Crippen molar-refractivity contribution in [3.05, 3.63) is 12.2 Å². The molecule has 0 radical (unpaired) electrons. The summed E-state index contributed by atoms with van der Waals surface area (Å²) in [5.74, 6) is 0.835. The highest BCUT2D eigenvalue weighted by Gasteiger charge is 2.14. The molecule has 0 saturated heterocycles. The SMILES string of the molecule is C=C(C)CCC(C)CC(C)(C)C. The highest BCUT2D eigenvalue weighted by molar-refractivity contribution is 4.88. The van der Waals surface area contributed by atoms with E-state index in [1.165, 1.54) is 24.8 Å². The van der Waals surface area contributed by atoms with Crippen LogP contribution in [0.4, 0.5) is 0 Å². The molecular formula is C12H24. The van der Waals surface area contributed by atoms with E-state index in [0.717, 1.165) is 5.92 Å². The second-order valence-corrected chi connectivity index (χ2v) is 5.37. The third kappa shape index (κ3) is 7.84. The molecule has 0 aromatic heterocycles. The average Bonchev–Trinajstić information content (AvgIpc) is 1.79. The largest absolute Gasteiger partial charge is 0.100 e. The Balaban J connectivity index is 3.60. The summed E-state index contributed by atoms with van der Waals surface area (Å²) in [6, 6.07) is 0. The molecule has 1 unspecified atom stereocenters. The van der Waals surface area contributed by atoms with Crippen LogP contribution in [0.2, 0.25) is 0 Å². The van der Waals surface area contributed by atoms with Crippen LogP contribution >= 0.6 is 0 Å². The van der Waals surface area contributed by atoms with Crippen molar-refractivity contribution in [2.24, 2.45) is 11.3 Å². The van der Waals surface area contributed by atoms with Gasteiger partial charge >= 0.3 is 0 Å². The Labute approximate surface area is 78.1 Å². The second-order valence-electron chi connectivity index (χ2n) is 5.37. The molecule has 0 heterocycles. The maximum Gasteiger partial charge on any atom is -0.0323 e. The summed E-state index contributed by atoms with van der Waals surface area (Å²) in [4.78, 5) is 0. The number of hydrogen-bond acceptors (Lipinski definition) is 0. The van der Waals surface area contributed by atoms with Gasteiger partial charge in [-0.2, -0.15) is 0 Å². The molecule has 0 aliphatic rings. The molecule has 1 atom stereocenters. The van der Waals surface area contributed by atoms with E-state index in [9.17, 15) is 0 Å². The van der Waals surface area contributed by atoms with E-state index in [0.29, 0.717) is 5.41 Å². The predicted octanol–water partition coefficient (Wildman–Crippen LogP) is 4.42. The lowest BCUT2D eigenvalue weighted by atomic mass is 9.83. The molecule has 12 heavy (non-hydrogen) atoms. The van der Waals surface area contributed by atoms with Crippen LogP contribution in [0.5, 0.6) is 0 Å². The van der Waals surface area contributed by atoms with E-state index in [-0.39, 0.29) is 0 Å². The number of allylic oxidation sites excluding steroid dienone is 1. The van der Waals surface area contributed by atoms with Gasteiger partial charge in [-0.05, 0) is 37.5 Å². The summed E-state index contributed by atoms with van der Waals surface area (Å²) < 4.78 is 0. The van der Waals surface area contributed by atoms with Gasteiger partial charge in [-0.3, -0.25) is 0 Å². The second kappa shape index (κ2) is 4.69. The van der Waals surface area contributed by atoms with Crippen molar-refractivity contribution in [2.75, 3.05) is 0 Å². The average molecular weight is 168 g/mol. The predicted molar refractivity (Wildman–Crippen MR) is 57.3 cm³/mol. The quantitative estimate of drug-likeness (QED) is 0.545. The summed E-state index contributed by atoms with van der Waals surface area (Å²) in [5.41, 5.74) is 1.80. The summed E-state index contributed by atoms with van der Waals surface area (Å²) in [6.07, 6.45) is 3.81. The number of hydrogen-bond donors (Lipinski definition) is 0. The standard InChI is InChI=1S/C12H24/c1-10(2)7-8-11(3)9-12(4,5)6/h11H,1,7-9H2,2-6H3. The zero-order valence-electron chi connectivity index (χ0n) is 9.41. The van der Waals surface area contributed by atoms with Gasteiger partial charge in [0.25, 0.3) is 0 Å². The smallest absolute Gasteiger partial charge is 0.0323 e. The molecule has 72 valence electrons. The molecule has 0 fully saturated rings. The fraction of sp³-hybridized carbons (Fsp3) is 0.833. The highest BCUT2D eigenvalue weighted by atomic mass is 14.2. The minimum absolute atomic E-state index is 0.481. The lowest BCUT2D eigenvalue weighted by molar-refractivity contribution is 0.297. The maximum atomic E-state index is 3.92. The van der Waals surface area contributed by atoms with Crippen LogP contribution < -0.4 is 0 Å². The van der Waals surface area contributed by atoms with Crippen LogP contribution in [0.25, 0.3) is 0 Å². The van der Waals surface area contributed by atoms with Crippen LogP contribution in [-0.4, -0.2) is 0 Å². The Morgan fingerprint density at radius 1 is 1.33 bits per heavy atom. The highest BCUT2D eigenvalue weighted by Crippen LogP contribution is 2.27. The van der Waals surface area contributed by atoms with Crippen molar-refractivity contribution in [1.82, 2.24) is 0 Å². The zero-order valence-corrected chi connectivity index (χ0v) is 9.41. The molecule has 0 aliphatic carbocycles. The molecule has 0 aromatic rings.